The van der Waals surface area contributed by atoms with E-state index in [0.717, 1.165) is 33.0 Å². The Morgan fingerprint density at radius 1 is 0.690 bits per heavy atom. The van der Waals surface area contributed by atoms with Crippen LogP contribution in [0.2, 0.25) is 0 Å². The Balaban J connectivity index is 4.16. The Morgan fingerprint density at radius 2 is 1.21 bits per heavy atom. The third-order valence-corrected chi connectivity index (χ3v) is 5.69. The van der Waals surface area contributed by atoms with Crippen molar-refractivity contribution in [1.29, 1.82) is 0 Å². The number of rotatable bonds is 21. The van der Waals surface area contributed by atoms with Crippen LogP contribution in [0.25, 0.3) is 0 Å². The van der Waals surface area contributed by atoms with Gasteiger partial charge in [-0.25, -0.2) is 0 Å². The van der Waals surface area contributed by atoms with E-state index < -0.39 is 0 Å². The predicted octanol–water partition coefficient (Wildman–Crippen LogP) is 6.04. The molecule has 0 spiro atoms. The van der Waals surface area contributed by atoms with Crippen LogP contribution in [0.15, 0.2) is 0 Å². The lowest BCUT2D eigenvalue weighted by atomic mass is 10.0. The Bertz CT molecular complexity index is 338. The summed E-state index contributed by atoms with van der Waals surface area (Å²) in [5.74, 6) is 1.80. The van der Waals surface area contributed by atoms with Gasteiger partial charge in [0.2, 0.25) is 0 Å². The molecule has 0 aliphatic carbocycles. The standard InChI is InChI=1S/C25H53NO3/c1-8-12-14-23(10-3)19-27-17-22(5)18-29-25(16-26(6)7)21-28-20-24(11-4)15-13-9-2/h22-25H,8-21H2,1-7H3. The lowest BCUT2D eigenvalue weighted by Crippen LogP contribution is -2.34. The number of unbranched alkanes of at least 4 members (excludes halogenated alkanes) is 2. The summed E-state index contributed by atoms with van der Waals surface area (Å²) in [6.45, 7) is 16.1. The van der Waals surface area contributed by atoms with Crippen LogP contribution in [0.3, 0.4) is 0 Å². The number of nitrogens with zero attached hydrogens (tertiary/aromatic N) is 1. The summed E-state index contributed by atoms with van der Waals surface area (Å²) >= 11 is 0. The van der Waals surface area contributed by atoms with Crippen molar-refractivity contribution in [2.75, 3.05) is 53.7 Å². The minimum atomic E-state index is 0.129. The summed E-state index contributed by atoms with van der Waals surface area (Å²) in [7, 11) is 4.19. The Kier molecular flexibility index (Phi) is 19.7. The SMILES string of the molecule is CCCCC(CC)COCC(C)COC(COCC(CC)CCCC)CN(C)C. The summed E-state index contributed by atoms with van der Waals surface area (Å²) in [4.78, 5) is 2.18. The molecule has 0 aliphatic rings. The molecule has 0 saturated heterocycles. The van der Waals surface area contributed by atoms with E-state index >= 15 is 0 Å². The molecule has 0 amide bonds. The van der Waals surface area contributed by atoms with Crippen molar-refractivity contribution in [3.8, 4) is 0 Å². The maximum atomic E-state index is 6.21. The third kappa shape index (κ3) is 17.2. The van der Waals surface area contributed by atoms with Gasteiger partial charge in [-0.3, -0.25) is 0 Å². The highest BCUT2D eigenvalue weighted by molar-refractivity contribution is 4.64. The first-order valence-electron chi connectivity index (χ1n) is 12.4. The van der Waals surface area contributed by atoms with Gasteiger partial charge in [-0.15, -0.1) is 0 Å². The van der Waals surface area contributed by atoms with Crippen molar-refractivity contribution in [2.45, 2.75) is 92.1 Å². The van der Waals surface area contributed by atoms with Crippen LogP contribution in [0.5, 0.6) is 0 Å². The highest BCUT2D eigenvalue weighted by atomic mass is 16.5. The Hall–Kier alpha value is -0.160. The molecule has 0 bridgehead atoms. The van der Waals surface area contributed by atoms with E-state index in [-0.39, 0.29) is 6.10 Å². The van der Waals surface area contributed by atoms with E-state index in [1.165, 1.54) is 51.4 Å². The summed E-state index contributed by atoms with van der Waals surface area (Å²) < 4.78 is 18.3. The van der Waals surface area contributed by atoms with Gasteiger partial charge in [-0.2, -0.15) is 0 Å². The van der Waals surface area contributed by atoms with Crippen molar-refractivity contribution in [2.24, 2.45) is 17.8 Å². The smallest absolute Gasteiger partial charge is 0.0934 e. The molecule has 0 aromatic rings. The number of ether oxygens (including phenoxy) is 3. The van der Waals surface area contributed by atoms with Gasteiger partial charge < -0.3 is 19.1 Å². The molecular weight excluding hydrogens is 362 g/mol. The zero-order chi connectivity index (χ0) is 21.9. The van der Waals surface area contributed by atoms with Crippen molar-refractivity contribution in [3.05, 3.63) is 0 Å². The zero-order valence-electron chi connectivity index (χ0n) is 20.9. The van der Waals surface area contributed by atoms with E-state index in [1.54, 1.807) is 0 Å². The molecule has 29 heavy (non-hydrogen) atoms. The van der Waals surface area contributed by atoms with E-state index in [4.69, 9.17) is 14.2 Å². The molecule has 0 saturated carbocycles. The zero-order valence-corrected chi connectivity index (χ0v) is 20.9. The molecule has 0 radical (unpaired) electrons. The topological polar surface area (TPSA) is 30.9 Å². The van der Waals surface area contributed by atoms with Crippen LogP contribution >= 0.6 is 0 Å². The van der Waals surface area contributed by atoms with Crippen LogP contribution in [0.1, 0.15) is 86.0 Å². The average Bonchev–Trinajstić information content (AvgIpc) is 2.70. The van der Waals surface area contributed by atoms with Gasteiger partial charge in [0, 0.05) is 25.7 Å². The maximum absolute atomic E-state index is 6.21. The monoisotopic (exact) mass is 415 g/mol. The maximum Gasteiger partial charge on any atom is 0.0934 e. The van der Waals surface area contributed by atoms with E-state index in [2.05, 4.69) is 53.6 Å². The van der Waals surface area contributed by atoms with Gasteiger partial charge in [0.15, 0.2) is 0 Å². The molecule has 0 aromatic heterocycles. The van der Waals surface area contributed by atoms with Crippen molar-refractivity contribution in [3.63, 3.8) is 0 Å². The fourth-order valence-corrected chi connectivity index (χ4v) is 3.51. The van der Waals surface area contributed by atoms with E-state index in [1.807, 2.05) is 0 Å². The molecule has 0 aromatic carbocycles. The highest BCUT2D eigenvalue weighted by Crippen LogP contribution is 2.15. The summed E-state index contributed by atoms with van der Waals surface area (Å²) in [5, 5.41) is 0. The first-order valence-corrected chi connectivity index (χ1v) is 12.4. The minimum absolute atomic E-state index is 0.129. The molecule has 0 N–H and O–H groups in total. The van der Waals surface area contributed by atoms with Gasteiger partial charge in [0.05, 0.1) is 25.9 Å². The number of likely N-dealkylation sites (N-methyl/N-ethyl adjacent to an activating group) is 1. The molecular formula is C25H53NO3. The lowest BCUT2D eigenvalue weighted by molar-refractivity contribution is -0.0540. The summed E-state index contributed by atoms with van der Waals surface area (Å²) in [5.41, 5.74) is 0. The largest absolute Gasteiger partial charge is 0.381 e. The van der Waals surface area contributed by atoms with Gasteiger partial charge in [0.25, 0.3) is 0 Å². The number of hydrogen-bond acceptors (Lipinski definition) is 4. The first kappa shape index (κ1) is 28.8. The normalized spacial score (nSPS) is 16.1. The fourth-order valence-electron chi connectivity index (χ4n) is 3.51. The molecule has 0 fully saturated rings. The van der Waals surface area contributed by atoms with Gasteiger partial charge in [-0.05, 0) is 38.8 Å². The average molecular weight is 416 g/mol. The molecule has 4 atom stereocenters. The molecule has 0 rings (SSSR count). The van der Waals surface area contributed by atoms with Crippen LogP contribution in [-0.4, -0.2) is 64.7 Å². The molecule has 0 heterocycles. The van der Waals surface area contributed by atoms with Crippen molar-refractivity contribution in [1.82, 2.24) is 4.90 Å². The van der Waals surface area contributed by atoms with Crippen molar-refractivity contribution < 1.29 is 14.2 Å². The summed E-state index contributed by atoms with van der Waals surface area (Å²) in [6.07, 6.45) is 10.2. The van der Waals surface area contributed by atoms with Gasteiger partial charge in [-0.1, -0.05) is 73.1 Å². The number of hydrogen-bond donors (Lipinski definition) is 0. The van der Waals surface area contributed by atoms with Crippen LogP contribution in [-0.2, 0) is 14.2 Å². The van der Waals surface area contributed by atoms with Crippen LogP contribution in [0, 0.1) is 17.8 Å². The molecule has 176 valence electrons. The predicted molar refractivity (Wildman–Crippen MR) is 126 cm³/mol. The highest BCUT2D eigenvalue weighted by Gasteiger charge is 2.15. The quantitative estimate of drug-likeness (QED) is 0.229. The lowest BCUT2D eigenvalue weighted by Gasteiger charge is -2.25. The van der Waals surface area contributed by atoms with E-state index in [0.29, 0.717) is 24.4 Å². The molecule has 4 nitrogen and oxygen atoms in total. The second kappa shape index (κ2) is 19.8. The van der Waals surface area contributed by atoms with Gasteiger partial charge in [0.1, 0.15) is 0 Å². The van der Waals surface area contributed by atoms with Gasteiger partial charge >= 0.3 is 0 Å². The van der Waals surface area contributed by atoms with Crippen LogP contribution in [0.4, 0.5) is 0 Å². The molecule has 0 aliphatic heterocycles. The Morgan fingerprint density at radius 3 is 1.66 bits per heavy atom. The minimum Gasteiger partial charge on any atom is -0.381 e. The molecule has 4 unspecified atom stereocenters. The first-order chi connectivity index (χ1) is 14.0. The van der Waals surface area contributed by atoms with Crippen LogP contribution < -0.4 is 0 Å². The van der Waals surface area contributed by atoms with Crippen molar-refractivity contribution >= 4 is 0 Å². The van der Waals surface area contributed by atoms with E-state index in [9.17, 15) is 0 Å². The fraction of sp³-hybridized carbons (Fsp3) is 1.00. The Labute approximate surface area is 183 Å². The second-order valence-corrected chi connectivity index (χ2v) is 9.23. The summed E-state index contributed by atoms with van der Waals surface area (Å²) in [6, 6.07) is 0. The second-order valence-electron chi connectivity index (χ2n) is 9.23. The molecule has 4 heteroatoms. The third-order valence-electron chi connectivity index (χ3n) is 5.69.